The molecule has 0 saturated carbocycles. The van der Waals surface area contributed by atoms with E-state index in [9.17, 15) is 85.1 Å². The Labute approximate surface area is 649 Å². The number of ether oxygens (including phenoxy) is 6. The Balaban J connectivity index is 0.000000259. The third-order valence-electron chi connectivity index (χ3n) is 20.9. The molecule has 3 spiro atoms. The fourth-order valence-corrected chi connectivity index (χ4v) is 16.0. The number of nitrogens with one attached hydrogen (secondary N) is 3. The van der Waals surface area contributed by atoms with Crippen LogP contribution >= 0.6 is 11.6 Å². The average Bonchev–Trinajstić information content (AvgIpc) is 1.68. The summed E-state index contributed by atoms with van der Waals surface area (Å²) in [5.74, 6) is 0.208. The fraction of sp³-hybridized carbons (Fsp3) is 0.676. The maximum atomic E-state index is 12.8. The molecule has 0 aromatic heterocycles. The minimum Gasteiger partial charge on any atom is -0.493 e. The quantitative estimate of drug-likeness (QED) is 0.0277. The number of halogens is 10. The molecule has 6 fully saturated rings. The van der Waals surface area contributed by atoms with Crippen LogP contribution in [-0.2, 0) is 73.0 Å². The van der Waals surface area contributed by atoms with Gasteiger partial charge in [0.05, 0.1) is 32.3 Å². The Hall–Kier alpha value is -7.28. The maximum absolute atomic E-state index is 12.8. The molecule has 0 bridgehead atoms. The Morgan fingerprint density at radius 1 is 0.514 bits per heavy atom. The molecule has 37 heteroatoms. The lowest BCUT2D eigenvalue weighted by atomic mass is 9.84. The summed E-state index contributed by atoms with van der Waals surface area (Å²) in [5, 5.41) is 3.93. The highest BCUT2D eigenvalue weighted by molar-refractivity contribution is 7.89. The Morgan fingerprint density at radius 2 is 0.910 bits per heavy atom. The van der Waals surface area contributed by atoms with Crippen molar-refractivity contribution >= 4 is 73.9 Å². The van der Waals surface area contributed by atoms with Gasteiger partial charge in [0, 0.05) is 118 Å². The van der Waals surface area contributed by atoms with E-state index >= 15 is 0 Å². The lowest BCUT2D eigenvalue weighted by molar-refractivity contribution is -0.200. The predicted octanol–water partition coefficient (Wildman–Crippen LogP) is 13.0. The molecule has 6 heterocycles. The lowest BCUT2D eigenvalue weighted by Gasteiger charge is -2.45. The van der Waals surface area contributed by atoms with Gasteiger partial charge in [0.15, 0.2) is 18.3 Å². The number of hydrogen-bond acceptors (Lipinski definition) is 20. The number of rotatable bonds is 27. The van der Waals surface area contributed by atoms with Crippen molar-refractivity contribution in [2.45, 2.75) is 224 Å². The van der Waals surface area contributed by atoms with Crippen molar-refractivity contribution in [1.82, 2.24) is 38.8 Å². The fourth-order valence-electron chi connectivity index (χ4n) is 14.7. The van der Waals surface area contributed by atoms with Crippen molar-refractivity contribution < 1.29 is 114 Å². The Bertz CT molecular complexity index is 3650. The van der Waals surface area contributed by atoms with Gasteiger partial charge in [0.1, 0.15) is 11.5 Å². The van der Waals surface area contributed by atoms with Gasteiger partial charge in [-0.1, -0.05) is 43.3 Å². The molecule has 3 atom stereocenters. The van der Waals surface area contributed by atoms with E-state index in [0.717, 1.165) is 125 Å². The first-order valence-electron chi connectivity index (χ1n) is 36.9. The second-order valence-electron chi connectivity index (χ2n) is 29.2. The number of alkyl halides is 9. The third kappa shape index (κ3) is 28.6. The molecule has 6 saturated heterocycles. The molecule has 5 amide bonds. The van der Waals surface area contributed by atoms with Crippen molar-refractivity contribution in [3.05, 3.63) is 87.4 Å². The summed E-state index contributed by atoms with van der Waals surface area (Å²) in [4.78, 5) is 81.6. The highest BCUT2D eigenvalue weighted by Gasteiger charge is 2.49. The summed E-state index contributed by atoms with van der Waals surface area (Å²) in [5.41, 5.74) is 5.68. The summed E-state index contributed by atoms with van der Waals surface area (Å²) in [7, 11) is -7.16. The Morgan fingerprint density at radius 3 is 1.33 bits per heavy atom. The summed E-state index contributed by atoms with van der Waals surface area (Å²) in [6, 6.07) is 17.6. The number of benzene rings is 3. The van der Waals surface area contributed by atoms with Crippen LogP contribution in [0, 0.1) is 13.8 Å². The van der Waals surface area contributed by atoms with Crippen LogP contribution < -0.4 is 24.2 Å². The molecule has 626 valence electrons. The number of aryl methyl sites for hydroxylation is 2. The van der Waals surface area contributed by atoms with Crippen LogP contribution in [0.1, 0.15) is 165 Å². The molecule has 6 aliphatic rings. The molecule has 6 aliphatic heterocycles. The van der Waals surface area contributed by atoms with Gasteiger partial charge in [0.2, 0.25) is 31.9 Å². The molecule has 0 aliphatic carbocycles. The average molecular weight is 1650 g/mol. The van der Waals surface area contributed by atoms with Crippen LogP contribution in [0.15, 0.2) is 54.6 Å². The van der Waals surface area contributed by atoms with E-state index in [1.807, 2.05) is 65.8 Å². The molecule has 0 radical (unpaired) electrons. The number of anilines is 1. The number of likely N-dealkylation sites (tertiary alicyclic amines) is 6. The third-order valence-corrected chi connectivity index (χ3v) is 22.3. The lowest BCUT2D eigenvalue weighted by Crippen LogP contribution is -2.53. The van der Waals surface area contributed by atoms with E-state index in [0.29, 0.717) is 153 Å². The normalized spacial score (nSPS) is 18.8. The van der Waals surface area contributed by atoms with E-state index in [-0.39, 0.29) is 50.1 Å². The van der Waals surface area contributed by atoms with Crippen molar-refractivity contribution in [3.8, 4) is 11.5 Å². The number of amides is 5. The highest BCUT2D eigenvalue weighted by Crippen LogP contribution is 2.44. The molecule has 25 nitrogen and oxygen atoms in total. The van der Waals surface area contributed by atoms with Gasteiger partial charge in [-0.3, -0.25) is 38.5 Å². The zero-order valence-electron chi connectivity index (χ0n) is 63.2. The summed E-state index contributed by atoms with van der Waals surface area (Å²) in [6.45, 7) is 14.9. The topological polar surface area (TPSA) is 282 Å². The molecular formula is C74H107ClF9N9O16S2. The van der Waals surface area contributed by atoms with E-state index in [1.165, 1.54) is 14.7 Å². The van der Waals surface area contributed by atoms with Gasteiger partial charge in [0.25, 0.3) is 6.47 Å². The minimum atomic E-state index is -4.59. The van der Waals surface area contributed by atoms with E-state index in [1.54, 1.807) is 6.07 Å². The van der Waals surface area contributed by atoms with Gasteiger partial charge < -0.3 is 48.4 Å². The minimum absolute atomic E-state index is 0. The van der Waals surface area contributed by atoms with Crippen molar-refractivity contribution in [2.75, 3.05) is 103 Å². The highest BCUT2D eigenvalue weighted by atomic mass is 35.5. The van der Waals surface area contributed by atoms with Gasteiger partial charge in [-0.25, -0.2) is 31.2 Å². The number of carbonyl (C=O) groups is 6. The van der Waals surface area contributed by atoms with E-state index in [4.69, 9.17) is 21.1 Å². The van der Waals surface area contributed by atoms with E-state index in [2.05, 4.69) is 45.0 Å². The summed E-state index contributed by atoms with van der Waals surface area (Å²) in [6.07, 6.45) is -9.82. The van der Waals surface area contributed by atoms with Crippen molar-refractivity contribution in [1.29, 1.82) is 0 Å². The first kappa shape index (κ1) is 92.6. The second-order valence-corrected chi connectivity index (χ2v) is 33.2. The molecular weight excluding hydrogens is 1540 g/mol. The largest absolute Gasteiger partial charge is 0.493 e. The zero-order valence-corrected chi connectivity index (χ0v) is 65.5. The van der Waals surface area contributed by atoms with Crippen molar-refractivity contribution in [2.24, 2.45) is 0 Å². The van der Waals surface area contributed by atoms with E-state index < -0.39 is 87.0 Å². The van der Waals surface area contributed by atoms with Crippen LogP contribution in [0.4, 0.5) is 59.6 Å². The maximum Gasteiger partial charge on any atom is 0.425 e. The van der Waals surface area contributed by atoms with Gasteiger partial charge in [-0.2, -0.15) is 39.5 Å². The monoisotopic (exact) mass is 1650 g/mol. The van der Waals surface area contributed by atoms with Crippen LogP contribution in [0.25, 0.3) is 0 Å². The number of hydrogen-bond donors (Lipinski definition) is 3. The second kappa shape index (κ2) is 40.6. The standard InChI is InChI=1S/C25H37F3N4O5S.C25H36F3N3O6S.C23H30ClF3N2O5.CH4/c1-18-7-8-20(21(16-18)29-12-4-6-22(33)30-38(3,35)36)17-32-13-5-9-24(32)10-14-31(15-11-24)23(34)37-19(2)25(26,27)28;1-18-7-8-20(21(16-18)36-15-4-6-22(32)29-38(3,34)35)17-31-12-5-9-24(31)10-13-30(14-11-24)23(33)37-19(2)25(26,27)28;1-17(23(25,26)27)34-21(31)28-8-5-22(6-9-28)4-2-7-29(22)15-18-12-19(24)14-20(13-18)33-11-3-10-32-16-30;/h7-8,16,19,29H,4-6,9-15,17H2,1-3H3,(H,30,33);7-8,16,19H,4-6,9-15,17H2,1-3H3,(H,29,32);12-14,16-17H,2-11,15H2,1H3;1H4. The molecule has 3 N–H and O–H groups in total. The predicted molar refractivity (Wildman–Crippen MR) is 397 cm³/mol. The molecule has 3 aromatic rings. The molecule has 9 rings (SSSR count). The Kier molecular flexibility index (Phi) is 33.9. The van der Waals surface area contributed by atoms with Crippen LogP contribution in [0.3, 0.4) is 0 Å². The van der Waals surface area contributed by atoms with Crippen LogP contribution in [0.5, 0.6) is 11.5 Å². The first-order chi connectivity index (χ1) is 51.5. The number of sulfonamides is 2. The smallest absolute Gasteiger partial charge is 0.425 e. The SMILES string of the molecule is C.CC(OC(=O)N1CCC2(CCCN2Cc2cc(Cl)cc(OCCCOC=O)c2)CC1)C(F)(F)F.Cc1ccc(CN2CCCC23CCN(C(=O)OC(C)C(F)(F)F)CC3)c(NCCCC(=O)NS(C)(=O)=O)c1.Cc1ccc(CN2CCCC23CCN(C(=O)OC(C)C(F)(F)F)CC3)c(OCCCC(=O)NS(C)(=O)=O)c1. The van der Waals surface area contributed by atoms with Crippen molar-refractivity contribution in [3.63, 3.8) is 0 Å². The first-order valence-corrected chi connectivity index (χ1v) is 41.0. The molecule has 3 aromatic carbocycles. The summed E-state index contributed by atoms with van der Waals surface area (Å²) < 4.78 is 194. The van der Waals surface area contributed by atoms with Crippen LogP contribution in [-0.4, -0.2) is 234 Å². The number of piperidine rings is 3. The number of nitrogens with zero attached hydrogens (tertiary/aromatic N) is 6. The van der Waals surface area contributed by atoms with Crippen LogP contribution in [0.2, 0.25) is 5.02 Å². The zero-order chi connectivity index (χ0) is 81.0. The summed E-state index contributed by atoms with van der Waals surface area (Å²) >= 11 is 6.30. The van der Waals surface area contributed by atoms with Gasteiger partial charge in [-0.05, 0) is 197 Å². The van der Waals surface area contributed by atoms with Gasteiger partial charge >= 0.3 is 36.8 Å². The molecule has 111 heavy (non-hydrogen) atoms. The number of carbonyl (C=O) groups excluding carboxylic acids is 6. The van der Waals surface area contributed by atoms with Gasteiger partial charge in [-0.15, -0.1) is 0 Å². The molecule has 3 unspecified atom stereocenters.